The summed E-state index contributed by atoms with van der Waals surface area (Å²) in [5.74, 6) is 0.234. The van der Waals surface area contributed by atoms with E-state index in [4.69, 9.17) is 10.5 Å². The number of nitrogens with two attached hydrogens (primary N) is 1. The average Bonchev–Trinajstić information content (AvgIpc) is 2.98. The standard InChI is InChI=1S/C17H14N2O3S/c1-10(20)11-2-4-13(5-3-11)22-9-12-7-19-8-16-14(12)6-15(23-16)17(18)21/h2-8H,9H2,1H3,(H2,18,21). The van der Waals surface area contributed by atoms with Gasteiger partial charge in [0.1, 0.15) is 12.4 Å². The molecule has 0 saturated carbocycles. The van der Waals surface area contributed by atoms with Crippen LogP contribution in [0.2, 0.25) is 0 Å². The summed E-state index contributed by atoms with van der Waals surface area (Å²) in [5, 5.41) is 0.916. The minimum Gasteiger partial charge on any atom is -0.489 e. The van der Waals surface area contributed by atoms with Gasteiger partial charge < -0.3 is 10.5 Å². The summed E-state index contributed by atoms with van der Waals surface area (Å²) < 4.78 is 6.64. The Balaban J connectivity index is 1.81. The highest BCUT2D eigenvalue weighted by atomic mass is 32.1. The lowest BCUT2D eigenvalue weighted by Crippen LogP contribution is -2.08. The number of carbonyl (C=O) groups is 2. The maximum Gasteiger partial charge on any atom is 0.258 e. The van der Waals surface area contributed by atoms with Crippen molar-refractivity contribution in [2.45, 2.75) is 13.5 Å². The number of nitrogens with zero attached hydrogens (tertiary/aromatic N) is 1. The number of carbonyl (C=O) groups excluding carboxylic acids is 2. The lowest BCUT2D eigenvalue weighted by Gasteiger charge is -2.07. The second-order valence-electron chi connectivity index (χ2n) is 5.05. The largest absolute Gasteiger partial charge is 0.489 e. The smallest absolute Gasteiger partial charge is 0.258 e. The van der Waals surface area contributed by atoms with Crippen LogP contribution < -0.4 is 10.5 Å². The zero-order valence-corrected chi connectivity index (χ0v) is 13.2. The van der Waals surface area contributed by atoms with Crippen LogP contribution in [0, 0.1) is 0 Å². The van der Waals surface area contributed by atoms with Crippen LogP contribution in [-0.4, -0.2) is 16.7 Å². The number of fused-ring (bicyclic) bond motifs is 1. The number of hydrogen-bond donors (Lipinski definition) is 1. The van der Waals surface area contributed by atoms with Gasteiger partial charge in [-0.2, -0.15) is 0 Å². The molecule has 5 nitrogen and oxygen atoms in total. The molecule has 0 atom stereocenters. The van der Waals surface area contributed by atoms with Gasteiger partial charge in [0.2, 0.25) is 0 Å². The molecule has 0 bridgehead atoms. The summed E-state index contributed by atoms with van der Waals surface area (Å²) in [7, 11) is 0. The normalized spacial score (nSPS) is 10.7. The lowest BCUT2D eigenvalue weighted by atomic mass is 10.1. The number of ketones is 1. The molecule has 0 spiro atoms. The predicted octanol–water partition coefficient (Wildman–Crippen LogP) is 3.18. The van der Waals surface area contributed by atoms with Gasteiger partial charge in [-0.25, -0.2) is 0 Å². The highest BCUT2D eigenvalue weighted by Gasteiger charge is 2.11. The molecule has 3 rings (SSSR count). The van der Waals surface area contributed by atoms with Crippen LogP contribution in [-0.2, 0) is 6.61 Å². The third-order valence-electron chi connectivity index (χ3n) is 3.43. The van der Waals surface area contributed by atoms with Crippen LogP contribution in [0.3, 0.4) is 0 Å². The summed E-state index contributed by atoms with van der Waals surface area (Å²) in [4.78, 5) is 27.2. The molecule has 116 valence electrons. The Morgan fingerprint density at radius 3 is 2.61 bits per heavy atom. The minimum absolute atomic E-state index is 0.0165. The molecule has 1 amide bonds. The van der Waals surface area contributed by atoms with Crippen molar-refractivity contribution >= 4 is 33.1 Å². The van der Waals surface area contributed by atoms with E-state index in [2.05, 4.69) is 4.98 Å². The van der Waals surface area contributed by atoms with Crippen LogP contribution in [0.4, 0.5) is 0 Å². The molecule has 2 N–H and O–H groups in total. The topological polar surface area (TPSA) is 82.3 Å². The molecule has 2 heterocycles. The van der Waals surface area contributed by atoms with Crippen molar-refractivity contribution in [1.29, 1.82) is 0 Å². The number of Topliss-reactive ketones (excluding diaryl/α,β-unsaturated/α-hetero) is 1. The summed E-state index contributed by atoms with van der Waals surface area (Å²) in [6.07, 6.45) is 3.42. The predicted molar refractivity (Wildman–Crippen MR) is 88.9 cm³/mol. The molecule has 0 unspecified atom stereocenters. The van der Waals surface area contributed by atoms with E-state index in [-0.39, 0.29) is 5.78 Å². The number of rotatable bonds is 5. The van der Waals surface area contributed by atoms with Gasteiger partial charge in [0.05, 0.1) is 9.58 Å². The van der Waals surface area contributed by atoms with E-state index in [1.807, 2.05) is 0 Å². The van der Waals surface area contributed by atoms with E-state index < -0.39 is 5.91 Å². The van der Waals surface area contributed by atoms with Gasteiger partial charge in [-0.05, 0) is 37.3 Å². The SMILES string of the molecule is CC(=O)c1ccc(OCc2cncc3sc(C(N)=O)cc23)cc1. The van der Waals surface area contributed by atoms with Crippen molar-refractivity contribution in [3.05, 3.63) is 58.7 Å². The molecule has 2 aromatic heterocycles. The Bertz CT molecular complexity index is 884. The molecule has 23 heavy (non-hydrogen) atoms. The Morgan fingerprint density at radius 2 is 1.96 bits per heavy atom. The lowest BCUT2D eigenvalue weighted by molar-refractivity contribution is 0.0999. The first-order chi connectivity index (χ1) is 11.0. The second-order valence-corrected chi connectivity index (χ2v) is 6.14. The van der Waals surface area contributed by atoms with Crippen molar-refractivity contribution in [2.24, 2.45) is 5.73 Å². The van der Waals surface area contributed by atoms with Gasteiger partial charge in [0.15, 0.2) is 5.78 Å². The quantitative estimate of drug-likeness (QED) is 0.730. The van der Waals surface area contributed by atoms with E-state index in [0.717, 1.165) is 15.6 Å². The van der Waals surface area contributed by atoms with E-state index in [9.17, 15) is 9.59 Å². The van der Waals surface area contributed by atoms with Crippen molar-refractivity contribution in [3.63, 3.8) is 0 Å². The fourth-order valence-corrected chi connectivity index (χ4v) is 3.13. The first kappa shape index (κ1) is 15.2. The maximum atomic E-state index is 11.3. The Kier molecular flexibility index (Phi) is 4.08. The molecule has 0 aliphatic carbocycles. The first-order valence-corrected chi connectivity index (χ1v) is 7.76. The highest BCUT2D eigenvalue weighted by Crippen LogP contribution is 2.28. The third-order valence-corrected chi connectivity index (χ3v) is 4.51. The summed E-state index contributed by atoms with van der Waals surface area (Å²) in [6.45, 7) is 1.84. The minimum atomic E-state index is -0.446. The zero-order valence-electron chi connectivity index (χ0n) is 12.4. The molecule has 0 saturated heterocycles. The summed E-state index contributed by atoms with van der Waals surface area (Å²) in [6, 6.07) is 8.74. The number of aromatic nitrogens is 1. The van der Waals surface area contributed by atoms with Crippen LogP contribution in [0.15, 0.2) is 42.7 Å². The van der Waals surface area contributed by atoms with Crippen LogP contribution >= 0.6 is 11.3 Å². The average molecular weight is 326 g/mol. The van der Waals surface area contributed by atoms with E-state index in [1.54, 1.807) is 42.7 Å². The molecule has 3 aromatic rings. The number of amides is 1. The first-order valence-electron chi connectivity index (χ1n) is 6.94. The van der Waals surface area contributed by atoms with Crippen LogP contribution in [0.5, 0.6) is 5.75 Å². The number of ether oxygens (including phenoxy) is 1. The van der Waals surface area contributed by atoms with Gasteiger partial charge in [-0.3, -0.25) is 14.6 Å². The number of primary amides is 1. The molecule has 0 aliphatic rings. The summed E-state index contributed by atoms with van der Waals surface area (Å²) >= 11 is 1.32. The third kappa shape index (κ3) is 3.22. The molecule has 0 aliphatic heterocycles. The van der Waals surface area contributed by atoms with Gasteiger partial charge in [-0.1, -0.05) is 0 Å². The maximum absolute atomic E-state index is 11.3. The number of pyridine rings is 1. The molecule has 0 fully saturated rings. The second kappa shape index (κ2) is 6.18. The molecule has 0 radical (unpaired) electrons. The number of hydrogen-bond acceptors (Lipinski definition) is 5. The highest BCUT2D eigenvalue weighted by molar-refractivity contribution is 7.20. The van der Waals surface area contributed by atoms with E-state index >= 15 is 0 Å². The van der Waals surface area contributed by atoms with Crippen molar-refractivity contribution in [3.8, 4) is 5.75 Å². The summed E-state index contributed by atoms with van der Waals surface area (Å²) in [5.41, 5.74) is 6.84. The van der Waals surface area contributed by atoms with Crippen LogP contribution in [0.1, 0.15) is 32.5 Å². The molecular formula is C17H14N2O3S. The fourth-order valence-electron chi connectivity index (χ4n) is 2.20. The molecular weight excluding hydrogens is 312 g/mol. The number of benzene rings is 1. The van der Waals surface area contributed by atoms with Crippen LogP contribution in [0.25, 0.3) is 10.1 Å². The zero-order chi connectivity index (χ0) is 16.4. The monoisotopic (exact) mass is 326 g/mol. The van der Waals surface area contributed by atoms with E-state index in [1.165, 1.54) is 18.3 Å². The van der Waals surface area contributed by atoms with Gasteiger partial charge in [-0.15, -0.1) is 11.3 Å². The van der Waals surface area contributed by atoms with Crippen molar-refractivity contribution in [2.75, 3.05) is 0 Å². The molecule has 6 heteroatoms. The Labute approximate surface area is 136 Å². The van der Waals surface area contributed by atoms with Gasteiger partial charge in [0, 0.05) is 28.9 Å². The van der Waals surface area contributed by atoms with Gasteiger partial charge in [0.25, 0.3) is 5.91 Å². The molecule has 1 aromatic carbocycles. The van der Waals surface area contributed by atoms with Crippen molar-refractivity contribution in [1.82, 2.24) is 4.98 Å². The van der Waals surface area contributed by atoms with E-state index in [0.29, 0.717) is 22.8 Å². The van der Waals surface area contributed by atoms with Crippen molar-refractivity contribution < 1.29 is 14.3 Å². The number of thiophene rings is 1. The Hall–Kier alpha value is -2.73. The Morgan fingerprint density at radius 1 is 1.22 bits per heavy atom. The van der Waals surface area contributed by atoms with Gasteiger partial charge >= 0.3 is 0 Å². The fraction of sp³-hybridized carbons (Fsp3) is 0.118.